The van der Waals surface area contributed by atoms with E-state index in [-0.39, 0.29) is 11.3 Å². The molecule has 0 bridgehead atoms. The molecule has 4 heteroatoms. The highest BCUT2D eigenvalue weighted by molar-refractivity contribution is 5.82. The van der Waals surface area contributed by atoms with Gasteiger partial charge in [-0.25, -0.2) is 0 Å². The van der Waals surface area contributed by atoms with Crippen molar-refractivity contribution in [3.8, 4) is 0 Å². The van der Waals surface area contributed by atoms with E-state index in [1.54, 1.807) is 0 Å². The molecule has 1 aliphatic carbocycles. The van der Waals surface area contributed by atoms with Gasteiger partial charge in [-0.1, -0.05) is 6.92 Å². The van der Waals surface area contributed by atoms with Crippen LogP contribution >= 0.6 is 0 Å². The highest BCUT2D eigenvalue weighted by Crippen LogP contribution is 2.32. The van der Waals surface area contributed by atoms with Gasteiger partial charge in [-0.05, 0) is 51.5 Å². The number of carbonyl (C=O) groups excluding carboxylic acids is 1. The Morgan fingerprint density at radius 1 is 1.39 bits per heavy atom. The molecule has 1 atom stereocenters. The second-order valence-electron chi connectivity index (χ2n) is 6.58. The maximum absolute atomic E-state index is 12.2. The monoisotopic (exact) mass is 254 g/mol. The van der Waals surface area contributed by atoms with Gasteiger partial charge in [-0.15, -0.1) is 0 Å². The fraction of sp³-hybridized carbons (Fsp3) is 0.929. The molecule has 1 saturated heterocycles. The summed E-state index contributed by atoms with van der Waals surface area (Å²) in [6.07, 6.45) is 4.62. The summed E-state index contributed by atoms with van der Waals surface area (Å²) in [4.78, 5) is 12.2. The molecule has 1 heterocycles. The lowest BCUT2D eigenvalue weighted by Crippen LogP contribution is -2.49. The summed E-state index contributed by atoms with van der Waals surface area (Å²) in [5.74, 6) is 0.789. The fourth-order valence-corrected chi connectivity index (χ4v) is 2.95. The SMILES string of the molecule is CC1CCC(O)(CNC(=O)C2(C)CCNC2)CC1. The third-order valence-corrected chi connectivity index (χ3v) is 4.70. The van der Waals surface area contributed by atoms with Crippen molar-refractivity contribution in [2.75, 3.05) is 19.6 Å². The number of aliphatic hydroxyl groups is 1. The van der Waals surface area contributed by atoms with Crippen LogP contribution in [0.1, 0.15) is 46.0 Å². The summed E-state index contributed by atoms with van der Waals surface area (Å²) in [6, 6.07) is 0. The first kappa shape index (κ1) is 13.8. The van der Waals surface area contributed by atoms with E-state index in [1.807, 2.05) is 6.92 Å². The molecule has 104 valence electrons. The van der Waals surface area contributed by atoms with E-state index in [4.69, 9.17) is 0 Å². The zero-order chi connectivity index (χ0) is 13.2. The molecule has 1 unspecified atom stereocenters. The molecule has 1 saturated carbocycles. The van der Waals surface area contributed by atoms with Crippen molar-refractivity contribution in [1.29, 1.82) is 0 Å². The molecule has 1 amide bonds. The maximum atomic E-state index is 12.2. The first-order valence-electron chi connectivity index (χ1n) is 7.15. The van der Waals surface area contributed by atoms with E-state index in [0.717, 1.165) is 45.2 Å². The highest BCUT2D eigenvalue weighted by Gasteiger charge is 2.38. The van der Waals surface area contributed by atoms with E-state index in [1.165, 1.54) is 0 Å². The Bertz CT molecular complexity index is 303. The maximum Gasteiger partial charge on any atom is 0.227 e. The van der Waals surface area contributed by atoms with Crippen LogP contribution in [0.4, 0.5) is 0 Å². The second kappa shape index (κ2) is 5.17. The van der Waals surface area contributed by atoms with E-state index in [9.17, 15) is 9.90 Å². The van der Waals surface area contributed by atoms with Crippen molar-refractivity contribution in [3.05, 3.63) is 0 Å². The molecule has 1 aliphatic heterocycles. The average Bonchev–Trinajstić information content (AvgIpc) is 2.79. The van der Waals surface area contributed by atoms with Crippen LogP contribution in [0, 0.1) is 11.3 Å². The van der Waals surface area contributed by atoms with Gasteiger partial charge in [0.05, 0.1) is 11.0 Å². The van der Waals surface area contributed by atoms with Gasteiger partial charge >= 0.3 is 0 Å². The van der Waals surface area contributed by atoms with Gasteiger partial charge in [0.2, 0.25) is 5.91 Å². The number of nitrogens with one attached hydrogen (secondary N) is 2. The first-order valence-corrected chi connectivity index (χ1v) is 7.15. The Morgan fingerprint density at radius 2 is 2.06 bits per heavy atom. The van der Waals surface area contributed by atoms with Crippen LogP contribution in [0.5, 0.6) is 0 Å². The molecular weight excluding hydrogens is 228 g/mol. The van der Waals surface area contributed by atoms with Crippen LogP contribution in [0.15, 0.2) is 0 Å². The fourth-order valence-electron chi connectivity index (χ4n) is 2.95. The van der Waals surface area contributed by atoms with E-state index in [0.29, 0.717) is 12.5 Å². The zero-order valence-corrected chi connectivity index (χ0v) is 11.6. The summed E-state index contributed by atoms with van der Waals surface area (Å²) >= 11 is 0. The smallest absolute Gasteiger partial charge is 0.227 e. The predicted octanol–water partition coefficient (Wildman–Crippen LogP) is 1.04. The third-order valence-electron chi connectivity index (χ3n) is 4.70. The van der Waals surface area contributed by atoms with Crippen molar-refractivity contribution in [2.45, 2.75) is 51.6 Å². The van der Waals surface area contributed by atoms with Crippen LogP contribution < -0.4 is 10.6 Å². The van der Waals surface area contributed by atoms with Crippen molar-refractivity contribution in [2.24, 2.45) is 11.3 Å². The molecule has 2 rings (SSSR count). The summed E-state index contributed by atoms with van der Waals surface area (Å²) in [7, 11) is 0. The second-order valence-corrected chi connectivity index (χ2v) is 6.58. The largest absolute Gasteiger partial charge is 0.388 e. The molecule has 2 aliphatic rings. The highest BCUT2D eigenvalue weighted by atomic mass is 16.3. The number of rotatable bonds is 3. The Morgan fingerprint density at radius 3 is 2.61 bits per heavy atom. The quantitative estimate of drug-likeness (QED) is 0.705. The minimum absolute atomic E-state index is 0.0829. The minimum Gasteiger partial charge on any atom is -0.388 e. The lowest BCUT2D eigenvalue weighted by molar-refractivity contribution is -0.131. The summed E-state index contributed by atoms with van der Waals surface area (Å²) in [5.41, 5.74) is -0.969. The van der Waals surface area contributed by atoms with Crippen LogP contribution in [-0.2, 0) is 4.79 Å². The zero-order valence-electron chi connectivity index (χ0n) is 11.6. The summed E-state index contributed by atoms with van der Waals surface area (Å²) < 4.78 is 0. The minimum atomic E-state index is -0.676. The normalized spacial score (nSPS) is 40.7. The van der Waals surface area contributed by atoms with E-state index in [2.05, 4.69) is 17.6 Å². The first-order chi connectivity index (χ1) is 8.44. The van der Waals surface area contributed by atoms with Crippen LogP contribution in [0.25, 0.3) is 0 Å². The average molecular weight is 254 g/mol. The Labute approximate surface area is 110 Å². The van der Waals surface area contributed by atoms with Crippen molar-refractivity contribution >= 4 is 5.91 Å². The standard InChI is InChI=1S/C14H26N2O2/c1-11-3-5-14(18,6-4-11)10-16-12(17)13(2)7-8-15-9-13/h11,15,18H,3-10H2,1-2H3,(H,16,17). The number of hydrogen-bond donors (Lipinski definition) is 3. The van der Waals surface area contributed by atoms with Gasteiger partial charge in [0, 0.05) is 13.1 Å². The Hall–Kier alpha value is -0.610. The van der Waals surface area contributed by atoms with Gasteiger partial charge in [-0.2, -0.15) is 0 Å². The van der Waals surface area contributed by atoms with Crippen LogP contribution in [-0.4, -0.2) is 36.2 Å². The molecule has 3 N–H and O–H groups in total. The van der Waals surface area contributed by atoms with E-state index >= 15 is 0 Å². The molecule has 0 spiro atoms. The molecule has 0 aromatic rings. The number of amides is 1. The van der Waals surface area contributed by atoms with Gasteiger partial charge in [-0.3, -0.25) is 4.79 Å². The molecule has 18 heavy (non-hydrogen) atoms. The molecule has 0 aromatic carbocycles. The number of hydrogen-bond acceptors (Lipinski definition) is 3. The van der Waals surface area contributed by atoms with Gasteiger partial charge in [0.1, 0.15) is 0 Å². The van der Waals surface area contributed by atoms with Crippen LogP contribution in [0.3, 0.4) is 0 Å². The lowest BCUT2D eigenvalue weighted by Gasteiger charge is -2.35. The molecule has 0 radical (unpaired) electrons. The number of carbonyl (C=O) groups is 1. The third kappa shape index (κ3) is 3.04. The van der Waals surface area contributed by atoms with Gasteiger partial charge in [0.25, 0.3) is 0 Å². The van der Waals surface area contributed by atoms with Crippen LogP contribution in [0.2, 0.25) is 0 Å². The summed E-state index contributed by atoms with van der Waals surface area (Å²) in [5, 5.41) is 16.6. The van der Waals surface area contributed by atoms with Gasteiger partial charge < -0.3 is 15.7 Å². The molecular formula is C14H26N2O2. The Balaban J connectivity index is 1.82. The van der Waals surface area contributed by atoms with Crippen molar-refractivity contribution in [3.63, 3.8) is 0 Å². The van der Waals surface area contributed by atoms with Crippen molar-refractivity contribution in [1.82, 2.24) is 10.6 Å². The topological polar surface area (TPSA) is 61.4 Å². The van der Waals surface area contributed by atoms with E-state index < -0.39 is 5.60 Å². The Kier molecular flexibility index (Phi) is 3.97. The molecule has 4 nitrogen and oxygen atoms in total. The summed E-state index contributed by atoms with van der Waals surface area (Å²) in [6.45, 7) is 6.28. The van der Waals surface area contributed by atoms with Gasteiger partial charge in [0.15, 0.2) is 0 Å². The predicted molar refractivity (Wildman–Crippen MR) is 71.2 cm³/mol. The molecule has 0 aromatic heterocycles. The van der Waals surface area contributed by atoms with Crippen molar-refractivity contribution < 1.29 is 9.90 Å². The lowest BCUT2D eigenvalue weighted by atomic mass is 9.79. The molecule has 2 fully saturated rings.